The van der Waals surface area contributed by atoms with Crippen LogP contribution in [-0.4, -0.2) is 36.9 Å². The van der Waals surface area contributed by atoms with Crippen molar-refractivity contribution in [3.63, 3.8) is 0 Å². The van der Waals surface area contributed by atoms with Crippen LogP contribution in [0.4, 0.5) is 0 Å². The molecule has 4 heteroatoms. The van der Waals surface area contributed by atoms with Gasteiger partial charge in [-0.05, 0) is 6.42 Å². The quantitative estimate of drug-likeness (QED) is 0.598. The van der Waals surface area contributed by atoms with Gasteiger partial charge in [-0.2, -0.15) is 0 Å². The second-order valence-electron chi connectivity index (χ2n) is 2.88. The molecule has 4 nitrogen and oxygen atoms in total. The van der Waals surface area contributed by atoms with Gasteiger partial charge >= 0.3 is 5.97 Å². The lowest BCUT2D eigenvalue weighted by Crippen LogP contribution is -2.60. The highest BCUT2D eigenvalue weighted by molar-refractivity contribution is 5.66. The van der Waals surface area contributed by atoms with Gasteiger partial charge in [0.1, 0.15) is 0 Å². The van der Waals surface area contributed by atoms with E-state index in [1.165, 1.54) is 0 Å². The number of carboxylic acid groups (broad SMARTS) is 1. The number of carboxylic acids is 1. The number of ether oxygens (including phenoxy) is 1. The van der Waals surface area contributed by atoms with Crippen LogP contribution in [0.25, 0.3) is 0 Å². The van der Waals surface area contributed by atoms with Crippen LogP contribution in [0.1, 0.15) is 12.8 Å². The second-order valence-corrected chi connectivity index (χ2v) is 2.88. The first kappa shape index (κ1) is 8.49. The lowest BCUT2D eigenvalue weighted by molar-refractivity contribution is -0.139. The number of carbonyl (C=O) groups is 1. The van der Waals surface area contributed by atoms with E-state index in [1.807, 2.05) is 0 Å². The molecule has 0 bridgehead atoms. The molecule has 0 spiro atoms. The normalized spacial score (nSPS) is 20.8. The van der Waals surface area contributed by atoms with Crippen molar-refractivity contribution in [3.05, 3.63) is 0 Å². The van der Waals surface area contributed by atoms with Crippen LogP contribution < -0.4 is 5.32 Å². The first-order valence-corrected chi connectivity index (χ1v) is 3.66. The maximum absolute atomic E-state index is 10.2. The van der Waals surface area contributed by atoms with Gasteiger partial charge in [0.25, 0.3) is 0 Å². The number of hydrogen-bond acceptors (Lipinski definition) is 3. The Balaban J connectivity index is 2.27. The summed E-state index contributed by atoms with van der Waals surface area (Å²) >= 11 is 0. The van der Waals surface area contributed by atoms with E-state index in [1.54, 1.807) is 7.11 Å². The Morgan fingerprint density at radius 2 is 2.36 bits per heavy atom. The molecule has 1 fully saturated rings. The van der Waals surface area contributed by atoms with Gasteiger partial charge in [-0.15, -0.1) is 0 Å². The summed E-state index contributed by atoms with van der Waals surface area (Å²) in [5.74, 6) is -0.756. The van der Waals surface area contributed by atoms with Gasteiger partial charge < -0.3 is 15.2 Å². The fourth-order valence-electron chi connectivity index (χ4n) is 1.16. The fraction of sp³-hybridized carbons (Fsp3) is 0.857. The molecule has 0 atom stereocenters. The summed E-state index contributed by atoms with van der Waals surface area (Å²) in [6.45, 7) is 1.55. The Labute approximate surface area is 65.5 Å². The van der Waals surface area contributed by atoms with Gasteiger partial charge in [0.2, 0.25) is 0 Å². The van der Waals surface area contributed by atoms with Crippen molar-refractivity contribution in [1.29, 1.82) is 0 Å². The van der Waals surface area contributed by atoms with E-state index in [-0.39, 0.29) is 12.0 Å². The van der Waals surface area contributed by atoms with Crippen LogP contribution >= 0.6 is 0 Å². The third-order valence-electron chi connectivity index (χ3n) is 2.12. The van der Waals surface area contributed by atoms with Crippen LogP contribution in [0.3, 0.4) is 0 Å². The van der Waals surface area contributed by atoms with Crippen molar-refractivity contribution >= 4 is 5.97 Å². The average Bonchev–Trinajstić information content (AvgIpc) is 1.86. The van der Waals surface area contributed by atoms with Crippen molar-refractivity contribution in [2.75, 3.05) is 20.2 Å². The molecule has 0 aliphatic carbocycles. The molecule has 1 aliphatic rings. The highest BCUT2D eigenvalue weighted by Gasteiger charge is 2.36. The zero-order valence-corrected chi connectivity index (χ0v) is 6.59. The number of hydrogen-bond donors (Lipinski definition) is 2. The van der Waals surface area contributed by atoms with Gasteiger partial charge in [0.15, 0.2) is 0 Å². The van der Waals surface area contributed by atoms with Gasteiger partial charge in [-0.3, -0.25) is 4.79 Å². The number of nitrogens with one attached hydrogen (secondary N) is 1. The summed E-state index contributed by atoms with van der Waals surface area (Å²) < 4.78 is 5.20. The minimum Gasteiger partial charge on any atom is -0.481 e. The van der Waals surface area contributed by atoms with Crippen molar-refractivity contribution < 1.29 is 14.6 Å². The summed E-state index contributed by atoms with van der Waals surface area (Å²) in [6, 6.07) is 0. The molecule has 11 heavy (non-hydrogen) atoms. The molecule has 0 saturated carbocycles. The third kappa shape index (κ3) is 1.91. The first-order valence-electron chi connectivity index (χ1n) is 3.66. The number of methoxy groups -OCH3 is 1. The monoisotopic (exact) mass is 159 g/mol. The molecule has 1 aliphatic heterocycles. The minimum atomic E-state index is -0.756. The molecular weight excluding hydrogens is 146 g/mol. The smallest absolute Gasteiger partial charge is 0.303 e. The van der Waals surface area contributed by atoms with Crippen LogP contribution in [-0.2, 0) is 9.53 Å². The first-order chi connectivity index (χ1) is 5.18. The van der Waals surface area contributed by atoms with Crippen LogP contribution in [0.15, 0.2) is 0 Å². The second kappa shape index (κ2) is 3.19. The summed E-state index contributed by atoms with van der Waals surface area (Å²) in [6.07, 6.45) is 0.793. The van der Waals surface area contributed by atoms with Crippen LogP contribution in [0.2, 0.25) is 0 Å². The maximum atomic E-state index is 10.2. The van der Waals surface area contributed by atoms with Gasteiger partial charge in [-0.1, -0.05) is 0 Å². The Morgan fingerprint density at radius 3 is 2.64 bits per heavy atom. The van der Waals surface area contributed by atoms with Gasteiger partial charge in [0, 0.05) is 26.6 Å². The third-order valence-corrected chi connectivity index (χ3v) is 2.12. The standard InChI is InChI=1S/C7H13NO3/c1-11-7(4-8-5-7)3-2-6(9)10/h8H,2-5H2,1H3,(H,9,10). The Bertz CT molecular complexity index is 148. The largest absolute Gasteiger partial charge is 0.481 e. The number of rotatable bonds is 4. The predicted octanol–water partition coefficient (Wildman–Crippen LogP) is -0.160. The SMILES string of the molecule is COC1(CCC(=O)O)CNC1. The molecule has 1 heterocycles. The van der Waals surface area contributed by atoms with E-state index in [9.17, 15) is 4.79 Å². The predicted molar refractivity (Wildman–Crippen MR) is 39.5 cm³/mol. The number of aliphatic carboxylic acids is 1. The van der Waals surface area contributed by atoms with Crippen molar-refractivity contribution in [2.24, 2.45) is 0 Å². The zero-order valence-electron chi connectivity index (χ0n) is 6.59. The molecule has 2 N–H and O–H groups in total. The lowest BCUT2D eigenvalue weighted by Gasteiger charge is -2.41. The Hall–Kier alpha value is -0.610. The van der Waals surface area contributed by atoms with E-state index < -0.39 is 5.97 Å². The van der Waals surface area contributed by atoms with E-state index in [2.05, 4.69) is 5.32 Å². The summed E-state index contributed by atoms with van der Waals surface area (Å²) in [5.41, 5.74) is -0.196. The van der Waals surface area contributed by atoms with E-state index in [4.69, 9.17) is 9.84 Å². The van der Waals surface area contributed by atoms with Crippen LogP contribution in [0, 0.1) is 0 Å². The zero-order chi connectivity index (χ0) is 8.32. The molecule has 0 aromatic rings. The molecule has 0 amide bonds. The fourth-order valence-corrected chi connectivity index (χ4v) is 1.16. The van der Waals surface area contributed by atoms with E-state index in [0.717, 1.165) is 13.1 Å². The molecule has 1 saturated heterocycles. The van der Waals surface area contributed by atoms with Gasteiger partial charge in [0.05, 0.1) is 5.60 Å². The Morgan fingerprint density at radius 1 is 1.73 bits per heavy atom. The highest BCUT2D eigenvalue weighted by Crippen LogP contribution is 2.21. The molecule has 0 unspecified atom stereocenters. The van der Waals surface area contributed by atoms with Crippen molar-refractivity contribution in [3.8, 4) is 0 Å². The van der Waals surface area contributed by atoms with Crippen LogP contribution in [0.5, 0.6) is 0 Å². The average molecular weight is 159 g/mol. The lowest BCUT2D eigenvalue weighted by atomic mass is 9.91. The molecule has 0 aromatic heterocycles. The highest BCUT2D eigenvalue weighted by atomic mass is 16.5. The summed E-state index contributed by atoms with van der Waals surface area (Å²) in [5, 5.41) is 11.5. The molecule has 1 rings (SSSR count). The van der Waals surface area contributed by atoms with Crippen molar-refractivity contribution in [2.45, 2.75) is 18.4 Å². The molecular formula is C7H13NO3. The molecule has 64 valence electrons. The van der Waals surface area contributed by atoms with E-state index >= 15 is 0 Å². The summed E-state index contributed by atoms with van der Waals surface area (Å²) in [4.78, 5) is 10.2. The summed E-state index contributed by atoms with van der Waals surface area (Å²) in [7, 11) is 1.63. The molecule has 0 aromatic carbocycles. The van der Waals surface area contributed by atoms with Gasteiger partial charge in [-0.25, -0.2) is 0 Å². The maximum Gasteiger partial charge on any atom is 0.303 e. The minimum absolute atomic E-state index is 0.190. The molecule has 0 radical (unpaired) electrons. The van der Waals surface area contributed by atoms with E-state index in [0.29, 0.717) is 6.42 Å². The van der Waals surface area contributed by atoms with Crippen molar-refractivity contribution in [1.82, 2.24) is 5.32 Å². The topological polar surface area (TPSA) is 58.6 Å². The Kier molecular flexibility index (Phi) is 2.46.